The van der Waals surface area contributed by atoms with Gasteiger partial charge in [-0.2, -0.15) is 9.97 Å². The SMILES string of the molecule is NNc1cc(Nc2ccc(Cl)c(Br)c2)nc(N)n1. The standard InChI is InChI=1S/C10H10BrClN6/c11-6-3-5(1-2-7(6)12)15-8-4-9(18-14)17-10(13)16-8/h1-4H,14H2,(H4,13,15,16,17,18). The Morgan fingerprint density at radius 1 is 1.17 bits per heavy atom. The molecule has 0 amide bonds. The number of nitrogens with zero attached hydrogens (tertiary/aromatic N) is 2. The maximum Gasteiger partial charge on any atom is 0.223 e. The van der Waals surface area contributed by atoms with E-state index in [1.807, 2.05) is 12.1 Å². The van der Waals surface area contributed by atoms with Crippen LogP contribution >= 0.6 is 27.5 Å². The monoisotopic (exact) mass is 328 g/mol. The Morgan fingerprint density at radius 3 is 2.56 bits per heavy atom. The molecule has 2 aromatic rings. The van der Waals surface area contributed by atoms with E-state index in [0.717, 1.165) is 10.2 Å². The van der Waals surface area contributed by atoms with E-state index in [-0.39, 0.29) is 5.95 Å². The van der Waals surface area contributed by atoms with Gasteiger partial charge in [0.1, 0.15) is 11.6 Å². The van der Waals surface area contributed by atoms with Crippen LogP contribution in [0.15, 0.2) is 28.7 Å². The molecule has 1 heterocycles. The van der Waals surface area contributed by atoms with Crippen LogP contribution in [-0.2, 0) is 0 Å². The van der Waals surface area contributed by atoms with Crippen LogP contribution in [0.4, 0.5) is 23.3 Å². The Kier molecular flexibility index (Phi) is 3.85. The third-order valence-electron chi connectivity index (χ3n) is 2.08. The molecule has 0 atom stereocenters. The second kappa shape index (κ2) is 5.38. The van der Waals surface area contributed by atoms with Gasteiger partial charge in [0.05, 0.1) is 5.02 Å². The molecule has 8 heteroatoms. The van der Waals surface area contributed by atoms with Crippen LogP contribution in [0, 0.1) is 0 Å². The van der Waals surface area contributed by atoms with Crippen molar-refractivity contribution >= 4 is 50.8 Å². The number of nitrogens with one attached hydrogen (secondary N) is 2. The summed E-state index contributed by atoms with van der Waals surface area (Å²) in [5, 5.41) is 3.70. The number of hydrogen-bond acceptors (Lipinski definition) is 6. The van der Waals surface area contributed by atoms with E-state index in [1.165, 1.54) is 0 Å². The molecule has 0 bridgehead atoms. The van der Waals surface area contributed by atoms with Crippen molar-refractivity contribution in [2.24, 2.45) is 5.84 Å². The zero-order valence-corrected chi connectivity index (χ0v) is 11.5. The van der Waals surface area contributed by atoms with Gasteiger partial charge in [0, 0.05) is 16.2 Å². The summed E-state index contributed by atoms with van der Waals surface area (Å²) in [6.07, 6.45) is 0. The van der Waals surface area contributed by atoms with E-state index in [2.05, 4.69) is 36.6 Å². The molecule has 0 radical (unpaired) electrons. The summed E-state index contributed by atoms with van der Waals surface area (Å²) in [4.78, 5) is 7.93. The molecular formula is C10H10BrClN6. The van der Waals surface area contributed by atoms with Gasteiger partial charge < -0.3 is 16.5 Å². The van der Waals surface area contributed by atoms with Crippen LogP contribution < -0.4 is 22.3 Å². The van der Waals surface area contributed by atoms with Gasteiger partial charge in [0.25, 0.3) is 0 Å². The topological polar surface area (TPSA) is 102 Å². The summed E-state index contributed by atoms with van der Waals surface area (Å²) < 4.78 is 0.786. The minimum atomic E-state index is 0.126. The van der Waals surface area contributed by atoms with Crippen molar-refractivity contribution in [3.8, 4) is 0 Å². The highest BCUT2D eigenvalue weighted by molar-refractivity contribution is 9.10. The van der Waals surface area contributed by atoms with Crippen molar-refractivity contribution in [3.63, 3.8) is 0 Å². The fourth-order valence-corrected chi connectivity index (χ4v) is 1.82. The van der Waals surface area contributed by atoms with Crippen molar-refractivity contribution in [3.05, 3.63) is 33.8 Å². The van der Waals surface area contributed by atoms with Crippen LogP contribution in [0.3, 0.4) is 0 Å². The first-order valence-corrected chi connectivity index (χ1v) is 6.09. The molecule has 0 aliphatic carbocycles. The predicted octanol–water partition coefficient (Wildman–Crippen LogP) is 2.50. The van der Waals surface area contributed by atoms with Gasteiger partial charge in [-0.1, -0.05) is 11.6 Å². The summed E-state index contributed by atoms with van der Waals surface area (Å²) >= 11 is 9.25. The van der Waals surface area contributed by atoms with Gasteiger partial charge in [-0.05, 0) is 34.1 Å². The van der Waals surface area contributed by atoms with Crippen molar-refractivity contribution in [2.45, 2.75) is 0 Å². The highest BCUT2D eigenvalue weighted by Crippen LogP contribution is 2.27. The summed E-state index contributed by atoms with van der Waals surface area (Å²) in [5.41, 5.74) is 8.78. The van der Waals surface area contributed by atoms with Gasteiger partial charge in [-0.15, -0.1) is 0 Å². The number of anilines is 4. The molecule has 1 aromatic heterocycles. The van der Waals surface area contributed by atoms with Crippen LogP contribution in [0.5, 0.6) is 0 Å². The van der Waals surface area contributed by atoms with Crippen LogP contribution in [-0.4, -0.2) is 9.97 Å². The molecule has 6 N–H and O–H groups in total. The smallest absolute Gasteiger partial charge is 0.223 e. The predicted molar refractivity (Wildman–Crippen MR) is 76.7 cm³/mol. The lowest BCUT2D eigenvalue weighted by atomic mass is 10.3. The Bertz CT molecular complexity index is 576. The molecule has 0 saturated carbocycles. The lowest BCUT2D eigenvalue weighted by molar-refractivity contribution is 1.15. The van der Waals surface area contributed by atoms with Crippen molar-refractivity contribution in [1.82, 2.24) is 9.97 Å². The molecule has 94 valence electrons. The van der Waals surface area contributed by atoms with Gasteiger partial charge in [0.15, 0.2) is 0 Å². The van der Waals surface area contributed by atoms with Crippen LogP contribution in [0.2, 0.25) is 5.02 Å². The number of halogens is 2. The lowest BCUT2D eigenvalue weighted by Gasteiger charge is -2.08. The van der Waals surface area contributed by atoms with Crippen molar-refractivity contribution in [1.29, 1.82) is 0 Å². The molecule has 0 unspecified atom stereocenters. The molecule has 18 heavy (non-hydrogen) atoms. The number of rotatable bonds is 3. The maximum absolute atomic E-state index is 5.91. The fraction of sp³-hybridized carbons (Fsp3) is 0. The van der Waals surface area contributed by atoms with Crippen LogP contribution in [0.1, 0.15) is 0 Å². The van der Waals surface area contributed by atoms with Gasteiger partial charge in [0.2, 0.25) is 5.95 Å². The minimum absolute atomic E-state index is 0.126. The maximum atomic E-state index is 5.91. The Labute approximate surface area is 117 Å². The molecule has 1 aromatic carbocycles. The molecule has 0 aliphatic rings. The summed E-state index contributed by atoms with van der Waals surface area (Å²) in [5.74, 6) is 6.36. The molecular weight excluding hydrogens is 320 g/mol. The number of aromatic nitrogens is 2. The number of hydrogen-bond donors (Lipinski definition) is 4. The van der Waals surface area contributed by atoms with E-state index in [1.54, 1.807) is 12.1 Å². The first kappa shape index (κ1) is 12.9. The Hall–Kier alpha value is -1.57. The van der Waals surface area contributed by atoms with E-state index in [9.17, 15) is 0 Å². The Morgan fingerprint density at radius 2 is 1.89 bits per heavy atom. The van der Waals surface area contributed by atoms with E-state index in [4.69, 9.17) is 23.2 Å². The number of hydrazine groups is 1. The molecule has 2 rings (SSSR count). The number of nitrogen functional groups attached to an aromatic ring is 2. The quantitative estimate of drug-likeness (QED) is 0.510. The Balaban J connectivity index is 2.27. The average Bonchev–Trinajstić information content (AvgIpc) is 2.33. The third kappa shape index (κ3) is 3.00. The molecule has 0 saturated heterocycles. The molecule has 0 aliphatic heterocycles. The van der Waals surface area contributed by atoms with E-state index in [0.29, 0.717) is 16.7 Å². The highest BCUT2D eigenvalue weighted by atomic mass is 79.9. The van der Waals surface area contributed by atoms with Gasteiger partial charge >= 0.3 is 0 Å². The minimum Gasteiger partial charge on any atom is -0.368 e. The molecule has 6 nitrogen and oxygen atoms in total. The first-order chi connectivity index (χ1) is 8.58. The third-order valence-corrected chi connectivity index (χ3v) is 3.30. The normalized spacial score (nSPS) is 10.2. The van der Waals surface area contributed by atoms with E-state index < -0.39 is 0 Å². The summed E-state index contributed by atoms with van der Waals surface area (Å²) in [7, 11) is 0. The summed E-state index contributed by atoms with van der Waals surface area (Å²) in [6, 6.07) is 7.05. The highest BCUT2D eigenvalue weighted by Gasteiger charge is 2.03. The van der Waals surface area contributed by atoms with Crippen molar-refractivity contribution in [2.75, 3.05) is 16.5 Å². The van der Waals surface area contributed by atoms with E-state index >= 15 is 0 Å². The zero-order chi connectivity index (χ0) is 13.1. The average molecular weight is 330 g/mol. The van der Waals surface area contributed by atoms with Crippen LogP contribution in [0.25, 0.3) is 0 Å². The first-order valence-electron chi connectivity index (χ1n) is 4.92. The van der Waals surface area contributed by atoms with Crippen molar-refractivity contribution < 1.29 is 0 Å². The zero-order valence-electron chi connectivity index (χ0n) is 9.11. The lowest BCUT2D eigenvalue weighted by Crippen LogP contribution is -2.11. The fourth-order valence-electron chi connectivity index (χ4n) is 1.33. The second-order valence-electron chi connectivity index (χ2n) is 3.39. The molecule has 0 spiro atoms. The number of nitrogens with two attached hydrogens (primary N) is 2. The largest absolute Gasteiger partial charge is 0.368 e. The number of benzene rings is 1. The second-order valence-corrected chi connectivity index (χ2v) is 4.66. The summed E-state index contributed by atoms with van der Waals surface area (Å²) in [6.45, 7) is 0. The van der Waals surface area contributed by atoms with Gasteiger partial charge in [-0.3, -0.25) is 0 Å². The molecule has 0 fully saturated rings. The van der Waals surface area contributed by atoms with Gasteiger partial charge in [-0.25, -0.2) is 5.84 Å².